The largest absolute Gasteiger partial charge is 0.493 e. The number of hydrogen-bond acceptors (Lipinski definition) is 4. The maximum Gasteiger partial charge on any atom is 0.262 e. The van der Waals surface area contributed by atoms with Crippen molar-refractivity contribution >= 4 is 11.6 Å². The van der Waals surface area contributed by atoms with E-state index < -0.39 is 0 Å². The molecule has 2 aromatic rings. The van der Waals surface area contributed by atoms with E-state index in [0.29, 0.717) is 23.6 Å². The van der Waals surface area contributed by atoms with Crippen molar-refractivity contribution in [2.75, 3.05) is 19.0 Å². The molecule has 1 amide bonds. The first-order chi connectivity index (χ1) is 11.1. The number of anilines is 1. The number of carbonyl (C=O) groups is 1. The standard InChI is InChI=1S/C18H18N2O3/c1-13-3-8-16(17(11-13)22-2)23-12-18(21)20-15-6-4-14(5-7-15)9-10-19/h3-8,11H,9,12H2,1-2H3,(H,20,21). The highest BCUT2D eigenvalue weighted by atomic mass is 16.5. The summed E-state index contributed by atoms with van der Waals surface area (Å²) in [5.74, 6) is 0.858. The highest BCUT2D eigenvalue weighted by molar-refractivity contribution is 5.91. The van der Waals surface area contributed by atoms with Crippen LogP contribution in [-0.4, -0.2) is 19.6 Å². The van der Waals surface area contributed by atoms with Crippen LogP contribution in [0, 0.1) is 18.3 Å². The molecule has 118 valence electrons. The average molecular weight is 310 g/mol. The van der Waals surface area contributed by atoms with Crippen molar-refractivity contribution in [1.29, 1.82) is 5.26 Å². The van der Waals surface area contributed by atoms with Gasteiger partial charge in [0.05, 0.1) is 19.6 Å². The summed E-state index contributed by atoms with van der Waals surface area (Å²) in [7, 11) is 1.56. The average Bonchev–Trinajstić information content (AvgIpc) is 2.55. The first kappa shape index (κ1) is 16.4. The van der Waals surface area contributed by atoms with Gasteiger partial charge in [0.25, 0.3) is 5.91 Å². The molecule has 2 aromatic carbocycles. The summed E-state index contributed by atoms with van der Waals surface area (Å²) in [6, 6.07) is 14.7. The van der Waals surface area contributed by atoms with Crippen molar-refractivity contribution in [1.82, 2.24) is 0 Å². The summed E-state index contributed by atoms with van der Waals surface area (Å²) in [6.07, 6.45) is 0.352. The topological polar surface area (TPSA) is 71.3 Å². The molecule has 0 fully saturated rings. The monoisotopic (exact) mass is 310 g/mol. The van der Waals surface area contributed by atoms with Crippen LogP contribution >= 0.6 is 0 Å². The van der Waals surface area contributed by atoms with Gasteiger partial charge in [-0.15, -0.1) is 0 Å². The lowest BCUT2D eigenvalue weighted by molar-refractivity contribution is -0.118. The predicted octanol–water partition coefficient (Wildman–Crippen LogP) is 3.09. The minimum absolute atomic E-state index is 0.112. The molecule has 0 radical (unpaired) electrons. The summed E-state index contributed by atoms with van der Waals surface area (Å²) in [5, 5.41) is 11.4. The number of ether oxygens (including phenoxy) is 2. The summed E-state index contributed by atoms with van der Waals surface area (Å²) < 4.78 is 10.7. The molecule has 0 heterocycles. The molecule has 5 nitrogen and oxygen atoms in total. The molecule has 0 aliphatic rings. The Balaban J connectivity index is 1.91. The lowest BCUT2D eigenvalue weighted by Gasteiger charge is -2.11. The summed E-state index contributed by atoms with van der Waals surface area (Å²) in [4.78, 5) is 11.9. The van der Waals surface area contributed by atoms with E-state index in [9.17, 15) is 4.79 Å². The van der Waals surface area contributed by atoms with Crippen molar-refractivity contribution in [3.8, 4) is 17.6 Å². The van der Waals surface area contributed by atoms with Crippen molar-refractivity contribution in [3.05, 3.63) is 53.6 Å². The van der Waals surface area contributed by atoms with Gasteiger partial charge in [-0.25, -0.2) is 0 Å². The Morgan fingerprint density at radius 3 is 2.57 bits per heavy atom. The third-order valence-corrected chi connectivity index (χ3v) is 3.20. The number of amides is 1. The minimum Gasteiger partial charge on any atom is -0.493 e. The molecule has 0 unspecified atom stereocenters. The van der Waals surface area contributed by atoms with Crippen LogP contribution < -0.4 is 14.8 Å². The molecule has 0 atom stereocenters. The van der Waals surface area contributed by atoms with E-state index in [4.69, 9.17) is 14.7 Å². The van der Waals surface area contributed by atoms with Gasteiger partial charge in [-0.05, 0) is 42.3 Å². The Kier molecular flexibility index (Phi) is 5.59. The van der Waals surface area contributed by atoms with Crippen LogP contribution in [-0.2, 0) is 11.2 Å². The first-order valence-electron chi connectivity index (χ1n) is 7.15. The van der Waals surface area contributed by atoms with Crippen LogP contribution in [0.3, 0.4) is 0 Å². The van der Waals surface area contributed by atoms with Gasteiger partial charge in [-0.1, -0.05) is 18.2 Å². The Morgan fingerprint density at radius 2 is 1.91 bits per heavy atom. The van der Waals surface area contributed by atoms with E-state index in [2.05, 4.69) is 11.4 Å². The Labute approximate surface area is 135 Å². The van der Waals surface area contributed by atoms with Crippen molar-refractivity contribution in [2.45, 2.75) is 13.3 Å². The fourth-order valence-corrected chi connectivity index (χ4v) is 2.03. The second-order valence-corrected chi connectivity index (χ2v) is 5.02. The number of benzene rings is 2. The van der Waals surface area contributed by atoms with Gasteiger partial charge in [-0.3, -0.25) is 4.79 Å². The van der Waals surface area contributed by atoms with E-state index in [1.54, 1.807) is 25.3 Å². The van der Waals surface area contributed by atoms with Crippen molar-refractivity contribution in [3.63, 3.8) is 0 Å². The van der Waals surface area contributed by atoms with Gasteiger partial charge in [-0.2, -0.15) is 5.26 Å². The zero-order valence-corrected chi connectivity index (χ0v) is 13.1. The van der Waals surface area contributed by atoms with Gasteiger partial charge in [0.1, 0.15) is 0 Å². The van der Waals surface area contributed by atoms with Crippen LogP contribution in [0.1, 0.15) is 11.1 Å². The number of nitriles is 1. The number of hydrogen-bond donors (Lipinski definition) is 1. The first-order valence-corrected chi connectivity index (χ1v) is 7.15. The highest BCUT2D eigenvalue weighted by Gasteiger charge is 2.08. The molecule has 0 saturated heterocycles. The van der Waals surface area contributed by atoms with Gasteiger partial charge in [0.2, 0.25) is 0 Å². The number of nitrogens with one attached hydrogen (secondary N) is 1. The van der Waals surface area contributed by atoms with Gasteiger partial charge >= 0.3 is 0 Å². The fourth-order valence-electron chi connectivity index (χ4n) is 2.03. The fraction of sp³-hybridized carbons (Fsp3) is 0.222. The van der Waals surface area contributed by atoms with E-state index in [1.165, 1.54) is 0 Å². The Bertz CT molecular complexity index is 718. The zero-order chi connectivity index (χ0) is 16.7. The maximum absolute atomic E-state index is 11.9. The van der Waals surface area contributed by atoms with Crippen LogP contribution in [0.4, 0.5) is 5.69 Å². The third kappa shape index (κ3) is 4.75. The molecule has 0 aliphatic heterocycles. The van der Waals surface area contributed by atoms with Crippen LogP contribution in [0.25, 0.3) is 0 Å². The molecular weight excluding hydrogens is 292 g/mol. The molecule has 2 rings (SSSR count). The lowest BCUT2D eigenvalue weighted by Crippen LogP contribution is -2.20. The summed E-state index contributed by atoms with van der Waals surface area (Å²) in [5.41, 5.74) is 2.62. The molecule has 0 aliphatic carbocycles. The van der Waals surface area contributed by atoms with E-state index in [-0.39, 0.29) is 12.5 Å². The molecule has 5 heteroatoms. The molecule has 0 spiro atoms. The lowest BCUT2D eigenvalue weighted by atomic mass is 10.1. The van der Waals surface area contributed by atoms with Gasteiger partial charge in [0, 0.05) is 5.69 Å². The molecule has 0 saturated carbocycles. The highest BCUT2D eigenvalue weighted by Crippen LogP contribution is 2.27. The van der Waals surface area contributed by atoms with Crippen LogP contribution in [0.15, 0.2) is 42.5 Å². The SMILES string of the molecule is COc1cc(C)ccc1OCC(=O)Nc1ccc(CC#N)cc1. The molecular formula is C18H18N2O3. The normalized spacial score (nSPS) is 9.78. The number of rotatable bonds is 6. The zero-order valence-electron chi connectivity index (χ0n) is 13.1. The van der Waals surface area contributed by atoms with Crippen LogP contribution in [0.5, 0.6) is 11.5 Å². The molecule has 0 bridgehead atoms. The number of carbonyl (C=O) groups excluding carboxylic acids is 1. The number of methoxy groups -OCH3 is 1. The second kappa shape index (κ2) is 7.85. The van der Waals surface area contributed by atoms with Gasteiger partial charge < -0.3 is 14.8 Å². The smallest absolute Gasteiger partial charge is 0.262 e. The second-order valence-electron chi connectivity index (χ2n) is 5.02. The Hall–Kier alpha value is -3.00. The number of aryl methyl sites for hydroxylation is 1. The number of nitrogens with zero attached hydrogens (tertiary/aromatic N) is 1. The Morgan fingerprint density at radius 1 is 1.17 bits per heavy atom. The quantitative estimate of drug-likeness (QED) is 0.890. The molecule has 1 N–H and O–H groups in total. The van der Waals surface area contributed by atoms with Crippen LogP contribution in [0.2, 0.25) is 0 Å². The third-order valence-electron chi connectivity index (χ3n) is 3.20. The van der Waals surface area contributed by atoms with E-state index >= 15 is 0 Å². The minimum atomic E-state index is -0.263. The summed E-state index contributed by atoms with van der Waals surface area (Å²) in [6.45, 7) is 1.84. The van der Waals surface area contributed by atoms with Crippen molar-refractivity contribution < 1.29 is 14.3 Å². The maximum atomic E-state index is 11.9. The van der Waals surface area contributed by atoms with E-state index in [0.717, 1.165) is 11.1 Å². The van der Waals surface area contributed by atoms with Crippen molar-refractivity contribution in [2.24, 2.45) is 0 Å². The molecule has 0 aromatic heterocycles. The summed E-state index contributed by atoms with van der Waals surface area (Å²) >= 11 is 0. The molecule has 23 heavy (non-hydrogen) atoms. The van der Waals surface area contributed by atoms with Gasteiger partial charge in [0.15, 0.2) is 18.1 Å². The van der Waals surface area contributed by atoms with E-state index in [1.807, 2.05) is 31.2 Å². The predicted molar refractivity (Wildman–Crippen MR) is 87.6 cm³/mol.